The number of aliphatic hydroxyl groups excluding tert-OH is 1. The van der Waals surface area contributed by atoms with Crippen LogP contribution in [0.2, 0.25) is 5.02 Å². The third kappa shape index (κ3) is 3.33. The van der Waals surface area contributed by atoms with Crippen LogP contribution < -0.4 is 4.74 Å². The number of fused-ring (bicyclic) bond motifs is 1. The SMILES string of the molecule is CC[C@@H](O)c1nc2ccccc2n1CCOc1ccccc1Cl. The number of hydrogen-bond donors (Lipinski definition) is 1. The molecule has 1 heterocycles. The summed E-state index contributed by atoms with van der Waals surface area (Å²) in [6.45, 7) is 2.99. The zero-order valence-corrected chi connectivity index (χ0v) is 13.7. The molecule has 0 saturated carbocycles. The van der Waals surface area contributed by atoms with Crippen LogP contribution in [0.4, 0.5) is 0 Å². The molecule has 1 atom stereocenters. The molecule has 0 fully saturated rings. The van der Waals surface area contributed by atoms with Crippen molar-refractivity contribution in [2.45, 2.75) is 26.0 Å². The molecule has 3 aromatic rings. The first kappa shape index (κ1) is 15.8. The lowest BCUT2D eigenvalue weighted by atomic mass is 10.2. The lowest BCUT2D eigenvalue weighted by Gasteiger charge is -2.13. The molecule has 2 aromatic carbocycles. The maximum absolute atomic E-state index is 10.2. The van der Waals surface area contributed by atoms with Gasteiger partial charge in [-0.3, -0.25) is 0 Å². The van der Waals surface area contributed by atoms with E-state index in [9.17, 15) is 5.11 Å². The lowest BCUT2D eigenvalue weighted by Crippen LogP contribution is -2.13. The van der Waals surface area contributed by atoms with E-state index in [0.717, 1.165) is 11.0 Å². The second-order valence-electron chi connectivity index (χ2n) is 5.31. The Balaban J connectivity index is 1.82. The minimum atomic E-state index is -0.581. The summed E-state index contributed by atoms with van der Waals surface area (Å²) in [5.74, 6) is 1.34. The van der Waals surface area contributed by atoms with Crippen LogP contribution in [0.25, 0.3) is 11.0 Å². The highest BCUT2D eigenvalue weighted by molar-refractivity contribution is 6.32. The Kier molecular flexibility index (Phi) is 4.84. The number of benzene rings is 2. The Morgan fingerprint density at radius 1 is 1.17 bits per heavy atom. The van der Waals surface area contributed by atoms with E-state index in [0.29, 0.717) is 36.2 Å². The molecule has 0 aliphatic rings. The van der Waals surface area contributed by atoms with Crippen LogP contribution in [0.5, 0.6) is 5.75 Å². The average molecular weight is 331 g/mol. The molecule has 0 spiro atoms. The first-order valence-corrected chi connectivity index (χ1v) is 8.09. The monoisotopic (exact) mass is 330 g/mol. The van der Waals surface area contributed by atoms with Crippen LogP contribution in [-0.2, 0) is 6.54 Å². The predicted molar refractivity (Wildman–Crippen MR) is 91.9 cm³/mol. The molecule has 0 amide bonds. The van der Waals surface area contributed by atoms with E-state index in [1.807, 2.05) is 54.0 Å². The van der Waals surface area contributed by atoms with Gasteiger partial charge in [0, 0.05) is 0 Å². The normalized spacial score (nSPS) is 12.5. The van der Waals surface area contributed by atoms with Crippen LogP contribution in [-0.4, -0.2) is 21.3 Å². The number of halogens is 1. The molecule has 0 unspecified atom stereocenters. The Bertz CT molecular complexity index is 801. The minimum absolute atomic E-state index is 0.452. The van der Waals surface area contributed by atoms with Gasteiger partial charge in [-0.05, 0) is 30.7 Å². The van der Waals surface area contributed by atoms with Crippen LogP contribution in [0.1, 0.15) is 25.3 Å². The summed E-state index contributed by atoms with van der Waals surface area (Å²) in [4.78, 5) is 4.56. The third-order valence-electron chi connectivity index (χ3n) is 3.78. The van der Waals surface area contributed by atoms with Crippen LogP contribution in [0.3, 0.4) is 0 Å². The molecule has 0 bridgehead atoms. The fraction of sp³-hybridized carbons (Fsp3) is 0.278. The minimum Gasteiger partial charge on any atom is -0.490 e. The molecule has 5 heteroatoms. The number of aromatic nitrogens is 2. The van der Waals surface area contributed by atoms with Gasteiger partial charge >= 0.3 is 0 Å². The number of ether oxygens (including phenoxy) is 1. The molecule has 1 aromatic heterocycles. The maximum atomic E-state index is 10.2. The summed E-state index contributed by atoms with van der Waals surface area (Å²) in [5, 5.41) is 10.8. The number of imidazole rings is 1. The third-order valence-corrected chi connectivity index (χ3v) is 4.09. The molecular formula is C18H19ClN2O2. The summed E-state index contributed by atoms with van der Waals surface area (Å²) < 4.78 is 7.78. The molecule has 3 rings (SSSR count). The Morgan fingerprint density at radius 2 is 1.91 bits per heavy atom. The molecule has 0 radical (unpaired) electrons. The highest BCUT2D eigenvalue weighted by atomic mass is 35.5. The van der Waals surface area contributed by atoms with Crippen molar-refractivity contribution in [3.8, 4) is 5.75 Å². The average Bonchev–Trinajstić information content (AvgIpc) is 2.95. The second kappa shape index (κ2) is 7.02. The first-order chi connectivity index (χ1) is 11.2. The zero-order valence-electron chi connectivity index (χ0n) is 12.9. The quantitative estimate of drug-likeness (QED) is 0.736. The van der Waals surface area contributed by atoms with Crippen molar-refractivity contribution in [2.75, 3.05) is 6.61 Å². The molecule has 1 N–H and O–H groups in total. The summed E-state index contributed by atoms with van der Waals surface area (Å²) in [6, 6.07) is 15.3. The van der Waals surface area contributed by atoms with Gasteiger partial charge < -0.3 is 14.4 Å². The predicted octanol–water partition coefficient (Wildman–Crippen LogP) is 4.21. The molecule has 120 valence electrons. The second-order valence-corrected chi connectivity index (χ2v) is 5.72. The maximum Gasteiger partial charge on any atom is 0.138 e. The Hall–Kier alpha value is -2.04. The van der Waals surface area contributed by atoms with Gasteiger partial charge in [-0.15, -0.1) is 0 Å². The van der Waals surface area contributed by atoms with Gasteiger partial charge in [-0.1, -0.05) is 42.8 Å². The zero-order chi connectivity index (χ0) is 16.2. The first-order valence-electron chi connectivity index (χ1n) is 7.71. The van der Waals surface area contributed by atoms with Crippen molar-refractivity contribution in [3.05, 3.63) is 59.4 Å². The van der Waals surface area contributed by atoms with Crippen molar-refractivity contribution in [1.82, 2.24) is 9.55 Å². The number of hydrogen-bond acceptors (Lipinski definition) is 3. The van der Waals surface area contributed by atoms with E-state index in [1.165, 1.54) is 0 Å². The number of rotatable bonds is 6. The molecule has 0 saturated heterocycles. The summed E-state index contributed by atoms with van der Waals surface area (Å²) in [7, 11) is 0. The van der Waals surface area contributed by atoms with Crippen molar-refractivity contribution < 1.29 is 9.84 Å². The smallest absolute Gasteiger partial charge is 0.138 e. The van der Waals surface area contributed by atoms with Gasteiger partial charge in [0.25, 0.3) is 0 Å². The fourth-order valence-electron chi connectivity index (χ4n) is 2.57. The molecule has 0 aliphatic heterocycles. The van der Waals surface area contributed by atoms with E-state index in [1.54, 1.807) is 6.07 Å². The largest absolute Gasteiger partial charge is 0.490 e. The Morgan fingerprint density at radius 3 is 2.70 bits per heavy atom. The van der Waals surface area contributed by atoms with Gasteiger partial charge in [0.2, 0.25) is 0 Å². The molecule has 23 heavy (non-hydrogen) atoms. The lowest BCUT2D eigenvalue weighted by molar-refractivity contribution is 0.157. The number of aliphatic hydroxyl groups is 1. The molecular weight excluding hydrogens is 312 g/mol. The van der Waals surface area contributed by atoms with E-state index in [4.69, 9.17) is 16.3 Å². The van der Waals surface area contributed by atoms with Gasteiger partial charge in [0.15, 0.2) is 0 Å². The van der Waals surface area contributed by atoms with Crippen LogP contribution in [0, 0.1) is 0 Å². The van der Waals surface area contributed by atoms with E-state index in [-0.39, 0.29) is 0 Å². The van der Waals surface area contributed by atoms with Gasteiger partial charge in [0.1, 0.15) is 24.3 Å². The summed E-state index contributed by atoms with van der Waals surface area (Å²) in [6.07, 6.45) is 0.0389. The van der Waals surface area contributed by atoms with Crippen molar-refractivity contribution in [2.24, 2.45) is 0 Å². The topological polar surface area (TPSA) is 47.3 Å². The highest BCUT2D eigenvalue weighted by Gasteiger charge is 2.16. The van der Waals surface area contributed by atoms with E-state index >= 15 is 0 Å². The van der Waals surface area contributed by atoms with Crippen molar-refractivity contribution in [1.29, 1.82) is 0 Å². The van der Waals surface area contributed by atoms with Crippen LogP contribution in [0.15, 0.2) is 48.5 Å². The summed E-state index contributed by atoms with van der Waals surface area (Å²) in [5.41, 5.74) is 1.88. The van der Waals surface area contributed by atoms with Gasteiger partial charge in [-0.25, -0.2) is 4.98 Å². The fourth-order valence-corrected chi connectivity index (χ4v) is 2.77. The van der Waals surface area contributed by atoms with Crippen molar-refractivity contribution in [3.63, 3.8) is 0 Å². The summed E-state index contributed by atoms with van der Waals surface area (Å²) >= 11 is 6.10. The Labute approximate surface area is 140 Å². The highest BCUT2D eigenvalue weighted by Crippen LogP contribution is 2.25. The van der Waals surface area contributed by atoms with E-state index in [2.05, 4.69) is 4.98 Å². The standard InChI is InChI=1S/C18H19ClN2O2/c1-2-16(22)18-20-14-8-4-5-9-15(14)21(18)11-12-23-17-10-6-3-7-13(17)19/h3-10,16,22H,2,11-12H2,1H3/t16-/m1/s1. The number of para-hydroxylation sites is 3. The van der Waals surface area contributed by atoms with Gasteiger partial charge in [0.05, 0.1) is 22.6 Å². The molecule has 0 aliphatic carbocycles. The van der Waals surface area contributed by atoms with Gasteiger partial charge in [-0.2, -0.15) is 0 Å². The number of nitrogens with zero attached hydrogens (tertiary/aromatic N) is 2. The van der Waals surface area contributed by atoms with Crippen LogP contribution >= 0.6 is 11.6 Å². The van der Waals surface area contributed by atoms with Crippen molar-refractivity contribution >= 4 is 22.6 Å². The van der Waals surface area contributed by atoms with E-state index < -0.39 is 6.10 Å². The molecule has 4 nitrogen and oxygen atoms in total.